The lowest BCUT2D eigenvalue weighted by Crippen LogP contribution is -2.33. The van der Waals surface area contributed by atoms with Gasteiger partial charge in [-0.2, -0.15) is 0 Å². The summed E-state index contributed by atoms with van der Waals surface area (Å²) < 4.78 is 5.16. The number of rotatable bonds is 6. The van der Waals surface area contributed by atoms with Gasteiger partial charge in [-0.15, -0.1) is 0 Å². The van der Waals surface area contributed by atoms with Gasteiger partial charge in [-0.25, -0.2) is 4.79 Å². The Hall–Kier alpha value is -2.24. The Labute approximate surface area is 149 Å². The van der Waals surface area contributed by atoms with Gasteiger partial charge in [0.2, 0.25) is 5.91 Å². The van der Waals surface area contributed by atoms with Gasteiger partial charge >= 0.3 is 6.09 Å². The van der Waals surface area contributed by atoms with Gasteiger partial charge in [0.05, 0.1) is 11.4 Å². The first kappa shape index (κ1) is 19.1. The van der Waals surface area contributed by atoms with Gasteiger partial charge in [0, 0.05) is 26.1 Å². The highest BCUT2D eigenvalue weighted by molar-refractivity contribution is 5.94. The minimum absolute atomic E-state index is 0.0439. The number of hydrogen-bond acceptors (Lipinski definition) is 4. The molecular weight excluding hydrogens is 318 g/mol. The van der Waals surface area contributed by atoms with E-state index in [1.54, 1.807) is 0 Å². The molecule has 0 spiro atoms. The molecule has 1 aromatic rings. The Kier molecular flexibility index (Phi) is 6.67. The molecule has 1 aromatic carbocycles. The minimum atomic E-state index is -0.513. The van der Waals surface area contributed by atoms with Crippen LogP contribution in [0.25, 0.3) is 0 Å². The number of carbonyl (C=O) groups excluding carboxylic acids is 2. The summed E-state index contributed by atoms with van der Waals surface area (Å²) in [5.41, 5.74) is 1.43. The second-order valence-corrected chi connectivity index (χ2v) is 7.29. The maximum atomic E-state index is 12.2. The van der Waals surface area contributed by atoms with Crippen LogP contribution in [0.4, 0.5) is 16.2 Å². The normalized spacial score (nSPS) is 14.3. The Morgan fingerprint density at radius 3 is 2.52 bits per heavy atom. The molecule has 6 heteroatoms. The van der Waals surface area contributed by atoms with E-state index < -0.39 is 11.7 Å². The van der Waals surface area contributed by atoms with Crippen molar-refractivity contribution in [3.8, 4) is 0 Å². The molecule has 0 aromatic heterocycles. The first-order valence-corrected chi connectivity index (χ1v) is 8.96. The summed E-state index contributed by atoms with van der Waals surface area (Å²) >= 11 is 0. The molecule has 0 bridgehead atoms. The molecule has 138 valence electrons. The van der Waals surface area contributed by atoms with Gasteiger partial charge in [-0.1, -0.05) is 12.1 Å². The molecule has 2 amide bonds. The average Bonchev–Trinajstić information content (AvgIpc) is 3.04. The van der Waals surface area contributed by atoms with Gasteiger partial charge in [0.25, 0.3) is 0 Å². The highest BCUT2D eigenvalue weighted by Gasteiger charge is 2.17. The zero-order valence-corrected chi connectivity index (χ0v) is 15.4. The van der Waals surface area contributed by atoms with Crippen LogP contribution in [0.2, 0.25) is 0 Å². The molecule has 25 heavy (non-hydrogen) atoms. The zero-order valence-electron chi connectivity index (χ0n) is 15.4. The third-order valence-electron chi connectivity index (χ3n) is 3.87. The van der Waals surface area contributed by atoms with Crippen molar-refractivity contribution in [2.24, 2.45) is 0 Å². The predicted octanol–water partition coefficient (Wildman–Crippen LogP) is 3.53. The molecule has 1 aliphatic rings. The summed E-state index contributed by atoms with van der Waals surface area (Å²) in [6.07, 6.45) is 2.85. The third-order valence-corrected chi connectivity index (χ3v) is 3.87. The molecule has 1 fully saturated rings. The number of benzene rings is 1. The lowest BCUT2D eigenvalue weighted by molar-refractivity contribution is -0.116. The summed E-state index contributed by atoms with van der Waals surface area (Å²) in [4.78, 5) is 26.0. The fourth-order valence-corrected chi connectivity index (χ4v) is 2.78. The SMILES string of the molecule is CC(C)(C)OC(=O)NCCCC(=O)Nc1ccccc1N1CCCC1. The summed E-state index contributed by atoms with van der Waals surface area (Å²) in [7, 11) is 0. The van der Waals surface area contributed by atoms with Crippen molar-refractivity contribution in [2.45, 2.75) is 52.1 Å². The Morgan fingerprint density at radius 2 is 1.84 bits per heavy atom. The Bertz CT molecular complexity index is 590. The van der Waals surface area contributed by atoms with Crippen molar-refractivity contribution < 1.29 is 14.3 Å². The first-order chi connectivity index (χ1) is 11.8. The molecule has 1 saturated heterocycles. The topological polar surface area (TPSA) is 70.7 Å². The number of hydrogen-bond donors (Lipinski definition) is 2. The van der Waals surface area contributed by atoms with E-state index in [4.69, 9.17) is 4.74 Å². The van der Waals surface area contributed by atoms with E-state index in [2.05, 4.69) is 15.5 Å². The molecule has 1 aliphatic heterocycles. The standard InChI is InChI=1S/C19H29N3O3/c1-19(2,3)25-18(24)20-12-8-11-17(23)21-15-9-4-5-10-16(15)22-13-6-7-14-22/h4-5,9-10H,6-8,11-14H2,1-3H3,(H,20,24)(H,21,23). The van der Waals surface area contributed by atoms with Crippen molar-refractivity contribution >= 4 is 23.4 Å². The van der Waals surface area contributed by atoms with E-state index in [0.29, 0.717) is 19.4 Å². The molecule has 2 rings (SSSR count). The van der Waals surface area contributed by atoms with Crippen LogP contribution in [-0.2, 0) is 9.53 Å². The second kappa shape index (κ2) is 8.74. The molecule has 2 N–H and O–H groups in total. The van der Waals surface area contributed by atoms with Gasteiger partial charge < -0.3 is 20.3 Å². The average molecular weight is 347 g/mol. The number of amides is 2. The Morgan fingerprint density at radius 1 is 1.16 bits per heavy atom. The van der Waals surface area contributed by atoms with Gasteiger partial charge in [0.15, 0.2) is 0 Å². The maximum Gasteiger partial charge on any atom is 0.407 e. The smallest absolute Gasteiger partial charge is 0.407 e. The van der Waals surface area contributed by atoms with Crippen LogP contribution >= 0.6 is 0 Å². The van der Waals surface area contributed by atoms with Crippen molar-refractivity contribution in [3.05, 3.63) is 24.3 Å². The summed E-state index contributed by atoms with van der Waals surface area (Å²) in [6, 6.07) is 7.91. The lowest BCUT2D eigenvalue weighted by atomic mass is 10.2. The number of para-hydroxylation sites is 2. The van der Waals surface area contributed by atoms with Gasteiger partial charge in [-0.3, -0.25) is 4.79 Å². The van der Waals surface area contributed by atoms with E-state index in [1.165, 1.54) is 12.8 Å². The van der Waals surface area contributed by atoms with Crippen LogP contribution in [0, 0.1) is 0 Å². The van der Waals surface area contributed by atoms with Gasteiger partial charge in [-0.05, 0) is 52.2 Å². The fraction of sp³-hybridized carbons (Fsp3) is 0.579. The second-order valence-electron chi connectivity index (χ2n) is 7.29. The molecule has 0 atom stereocenters. The molecule has 0 aliphatic carbocycles. The molecular formula is C19H29N3O3. The quantitative estimate of drug-likeness (QED) is 0.772. The van der Waals surface area contributed by atoms with Crippen molar-refractivity contribution in [3.63, 3.8) is 0 Å². The zero-order chi connectivity index (χ0) is 18.3. The summed E-state index contributed by atoms with van der Waals surface area (Å²) in [5.74, 6) is -0.0439. The number of nitrogens with zero attached hydrogens (tertiary/aromatic N) is 1. The van der Waals surface area contributed by atoms with E-state index in [0.717, 1.165) is 24.5 Å². The van der Waals surface area contributed by atoms with Crippen LogP contribution in [-0.4, -0.2) is 37.2 Å². The highest BCUT2D eigenvalue weighted by Crippen LogP contribution is 2.28. The molecule has 0 radical (unpaired) electrons. The third kappa shape index (κ3) is 6.64. The van der Waals surface area contributed by atoms with Crippen LogP contribution in [0.15, 0.2) is 24.3 Å². The van der Waals surface area contributed by atoms with E-state index in [9.17, 15) is 9.59 Å². The summed E-state index contributed by atoms with van der Waals surface area (Å²) in [5, 5.41) is 5.65. The number of nitrogens with one attached hydrogen (secondary N) is 2. The molecule has 1 heterocycles. The number of anilines is 2. The van der Waals surface area contributed by atoms with E-state index >= 15 is 0 Å². The van der Waals surface area contributed by atoms with Crippen LogP contribution in [0.1, 0.15) is 46.5 Å². The monoisotopic (exact) mass is 347 g/mol. The Balaban J connectivity index is 1.75. The van der Waals surface area contributed by atoms with Crippen molar-refractivity contribution in [2.75, 3.05) is 29.9 Å². The predicted molar refractivity (Wildman–Crippen MR) is 100.0 cm³/mol. The largest absolute Gasteiger partial charge is 0.444 e. The minimum Gasteiger partial charge on any atom is -0.444 e. The van der Waals surface area contributed by atoms with Gasteiger partial charge in [0.1, 0.15) is 5.60 Å². The van der Waals surface area contributed by atoms with Crippen LogP contribution in [0.5, 0.6) is 0 Å². The fourth-order valence-electron chi connectivity index (χ4n) is 2.78. The van der Waals surface area contributed by atoms with Crippen molar-refractivity contribution in [1.29, 1.82) is 0 Å². The molecule has 0 saturated carbocycles. The molecule has 6 nitrogen and oxygen atoms in total. The maximum absolute atomic E-state index is 12.2. The van der Waals surface area contributed by atoms with Crippen LogP contribution < -0.4 is 15.5 Å². The van der Waals surface area contributed by atoms with E-state index in [1.807, 2.05) is 45.0 Å². The van der Waals surface area contributed by atoms with E-state index in [-0.39, 0.29) is 5.91 Å². The number of ether oxygens (including phenoxy) is 1. The number of alkyl carbamates (subject to hydrolysis) is 1. The lowest BCUT2D eigenvalue weighted by Gasteiger charge is -2.21. The van der Waals surface area contributed by atoms with Crippen LogP contribution in [0.3, 0.4) is 0 Å². The highest BCUT2D eigenvalue weighted by atomic mass is 16.6. The number of carbonyl (C=O) groups is 2. The van der Waals surface area contributed by atoms with Crippen molar-refractivity contribution in [1.82, 2.24) is 5.32 Å². The summed E-state index contributed by atoms with van der Waals surface area (Å²) in [6.45, 7) is 7.93. The first-order valence-electron chi connectivity index (χ1n) is 8.96. The molecule has 0 unspecified atom stereocenters.